The van der Waals surface area contributed by atoms with Crippen molar-refractivity contribution < 1.29 is 9.34 Å². The molecule has 1 aromatic heterocycles. The molecule has 0 aromatic carbocycles. The van der Waals surface area contributed by atoms with Crippen LogP contribution in [0.25, 0.3) is 0 Å². The van der Waals surface area contributed by atoms with Crippen molar-refractivity contribution in [1.29, 1.82) is 0 Å². The summed E-state index contributed by atoms with van der Waals surface area (Å²) in [7, 11) is 0. The summed E-state index contributed by atoms with van der Waals surface area (Å²) < 4.78 is 4.90. The first-order valence-electron chi connectivity index (χ1n) is 4.50. The van der Waals surface area contributed by atoms with Crippen molar-refractivity contribution in [2.45, 2.75) is 0 Å². The zero-order chi connectivity index (χ0) is 11.5. The van der Waals surface area contributed by atoms with Crippen LogP contribution in [0.3, 0.4) is 0 Å². The fourth-order valence-corrected chi connectivity index (χ4v) is 1.45. The second-order valence-electron chi connectivity index (χ2n) is 3.03. The number of nitro groups is 1. The topological polar surface area (TPSA) is 83.9 Å². The highest BCUT2D eigenvalue weighted by atomic mass is 32.1. The summed E-state index contributed by atoms with van der Waals surface area (Å²) >= 11 is 4.96. The quantitative estimate of drug-likeness (QED) is 0.362. The number of hydrogen-bond donors (Lipinski definition) is 1. The molecule has 1 fully saturated rings. The summed E-state index contributed by atoms with van der Waals surface area (Å²) in [5.74, 6) is 0.0185. The highest BCUT2D eigenvalue weighted by molar-refractivity contribution is 7.80. The predicted octanol–water partition coefficient (Wildman–Crippen LogP) is 0.712. The van der Waals surface area contributed by atoms with E-state index in [1.807, 2.05) is 0 Å². The Balaban J connectivity index is 2.05. The molecule has 0 unspecified atom stereocenters. The molecule has 1 saturated heterocycles. The van der Waals surface area contributed by atoms with E-state index in [0.29, 0.717) is 17.4 Å². The minimum atomic E-state index is -0.598. The molecule has 2 rings (SSSR count). The van der Waals surface area contributed by atoms with Crippen molar-refractivity contribution in [3.8, 4) is 0 Å². The third-order valence-corrected chi connectivity index (χ3v) is 2.31. The Morgan fingerprint density at radius 1 is 1.69 bits per heavy atom. The van der Waals surface area contributed by atoms with Gasteiger partial charge in [0.25, 0.3) is 0 Å². The van der Waals surface area contributed by atoms with E-state index in [2.05, 4.69) is 10.4 Å². The Labute approximate surface area is 95.9 Å². The lowest BCUT2D eigenvalue weighted by molar-refractivity contribution is -0.402. The third-order valence-electron chi connectivity index (χ3n) is 1.95. The van der Waals surface area contributed by atoms with Crippen LogP contribution in [0.4, 0.5) is 5.88 Å². The van der Waals surface area contributed by atoms with Gasteiger partial charge in [0.05, 0.1) is 18.8 Å². The van der Waals surface area contributed by atoms with Gasteiger partial charge in [0, 0.05) is 6.54 Å². The molecule has 0 amide bonds. The Hall–Kier alpha value is -1.96. The Kier molecular flexibility index (Phi) is 2.82. The predicted molar refractivity (Wildman–Crippen MR) is 60.3 cm³/mol. The van der Waals surface area contributed by atoms with Gasteiger partial charge in [0.1, 0.15) is 4.92 Å². The molecule has 1 N–H and O–H groups in total. The van der Waals surface area contributed by atoms with Gasteiger partial charge in [-0.2, -0.15) is 5.10 Å². The molecule has 1 aliphatic rings. The molecular weight excluding hydrogens is 232 g/mol. The lowest BCUT2D eigenvalue weighted by Gasteiger charge is -2.06. The minimum absolute atomic E-state index is 0.302. The number of hydrogen-bond acceptors (Lipinski definition) is 5. The van der Waals surface area contributed by atoms with Crippen LogP contribution in [0, 0.1) is 10.1 Å². The van der Waals surface area contributed by atoms with Crippen molar-refractivity contribution in [2.24, 2.45) is 5.10 Å². The van der Waals surface area contributed by atoms with E-state index in [1.54, 1.807) is 5.01 Å². The van der Waals surface area contributed by atoms with Crippen LogP contribution in [0.2, 0.25) is 0 Å². The fraction of sp³-hybridized carbons (Fsp3) is 0.250. The van der Waals surface area contributed by atoms with Crippen LogP contribution in [-0.4, -0.2) is 34.3 Å². The van der Waals surface area contributed by atoms with Crippen molar-refractivity contribution in [1.82, 2.24) is 10.3 Å². The summed E-state index contributed by atoms with van der Waals surface area (Å²) in [6, 6.07) is 2.76. The van der Waals surface area contributed by atoms with Crippen LogP contribution in [0.5, 0.6) is 0 Å². The maximum atomic E-state index is 10.4. The van der Waals surface area contributed by atoms with Crippen molar-refractivity contribution in [3.05, 3.63) is 28.0 Å². The molecule has 84 valence electrons. The summed E-state index contributed by atoms with van der Waals surface area (Å²) in [6.45, 7) is 1.42. The number of thiocarbonyl (C=S) groups is 1. The molecule has 8 heteroatoms. The van der Waals surface area contributed by atoms with Crippen LogP contribution in [0.15, 0.2) is 21.7 Å². The van der Waals surface area contributed by atoms with Crippen molar-refractivity contribution in [3.63, 3.8) is 0 Å². The fourth-order valence-electron chi connectivity index (χ4n) is 1.21. The van der Waals surface area contributed by atoms with E-state index >= 15 is 0 Å². The highest BCUT2D eigenvalue weighted by Crippen LogP contribution is 2.14. The average molecular weight is 240 g/mol. The SMILES string of the molecule is O=[N+]([O-])c1ccc(/C=N\N2CCNC2=S)o1. The van der Waals surface area contributed by atoms with Gasteiger partial charge >= 0.3 is 5.88 Å². The Bertz CT molecular complexity index is 456. The Morgan fingerprint density at radius 3 is 3.06 bits per heavy atom. The zero-order valence-corrected chi connectivity index (χ0v) is 8.94. The van der Waals surface area contributed by atoms with Gasteiger partial charge in [0.15, 0.2) is 10.9 Å². The summed E-state index contributed by atoms with van der Waals surface area (Å²) in [6.07, 6.45) is 1.40. The largest absolute Gasteiger partial charge is 0.433 e. The zero-order valence-electron chi connectivity index (χ0n) is 8.12. The monoisotopic (exact) mass is 240 g/mol. The van der Waals surface area contributed by atoms with E-state index in [-0.39, 0.29) is 5.88 Å². The molecule has 0 aliphatic carbocycles. The third kappa shape index (κ3) is 2.16. The van der Waals surface area contributed by atoms with Gasteiger partial charge in [-0.1, -0.05) is 0 Å². The minimum Gasteiger partial charge on any atom is -0.400 e. The number of furan rings is 1. The molecule has 0 bridgehead atoms. The van der Waals surface area contributed by atoms with E-state index in [1.165, 1.54) is 18.3 Å². The van der Waals surface area contributed by atoms with Crippen molar-refractivity contribution in [2.75, 3.05) is 13.1 Å². The van der Waals surface area contributed by atoms with E-state index in [0.717, 1.165) is 6.54 Å². The summed E-state index contributed by atoms with van der Waals surface area (Å²) in [5.41, 5.74) is 0. The average Bonchev–Trinajstić information content (AvgIpc) is 2.83. The van der Waals surface area contributed by atoms with Crippen molar-refractivity contribution >= 4 is 29.4 Å². The smallest absolute Gasteiger partial charge is 0.400 e. The molecule has 0 spiro atoms. The second-order valence-corrected chi connectivity index (χ2v) is 3.42. The van der Waals surface area contributed by atoms with E-state index in [9.17, 15) is 10.1 Å². The van der Waals surface area contributed by atoms with Gasteiger partial charge in [-0.3, -0.25) is 10.1 Å². The van der Waals surface area contributed by atoms with Crippen LogP contribution >= 0.6 is 12.2 Å². The van der Waals surface area contributed by atoms with Crippen LogP contribution in [0.1, 0.15) is 5.76 Å². The van der Waals surface area contributed by atoms with Gasteiger partial charge in [-0.15, -0.1) is 0 Å². The summed E-state index contributed by atoms with van der Waals surface area (Å²) in [5, 5.41) is 19.4. The highest BCUT2D eigenvalue weighted by Gasteiger charge is 2.15. The second kappa shape index (κ2) is 4.27. The number of nitrogens with zero attached hydrogens (tertiary/aromatic N) is 3. The van der Waals surface area contributed by atoms with Gasteiger partial charge in [0.2, 0.25) is 0 Å². The van der Waals surface area contributed by atoms with E-state index < -0.39 is 4.92 Å². The molecule has 16 heavy (non-hydrogen) atoms. The van der Waals surface area contributed by atoms with Gasteiger partial charge in [-0.05, 0) is 18.3 Å². The first-order chi connectivity index (χ1) is 7.66. The lowest BCUT2D eigenvalue weighted by Crippen LogP contribution is -2.22. The lowest BCUT2D eigenvalue weighted by atomic mass is 10.5. The number of hydrazone groups is 1. The van der Waals surface area contributed by atoms with E-state index in [4.69, 9.17) is 16.6 Å². The molecule has 2 heterocycles. The molecule has 1 aliphatic heterocycles. The molecule has 1 aromatic rings. The molecule has 0 radical (unpaired) electrons. The Morgan fingerprint density at radius 2 is 2.50 bits per heavy atom. The normalized spacial score (nSPS) is 15.8. The molecule has 0 atom stereocenters. The maximum absolute atomic E-state index is 10.4. The van der Waals surface area contributed by atoms with Crippen LogP contribution < -0.4 is 5.32 Å². The first-order valence-corrected chi connectivity index (χ1v) is 4.91. The number of nitrogens with one attached hydrogen (secondary N) is 1. The standard InChI is InChI=1S/C8H8N4O3S/c13-12(14)7-2-1-6(15-7)5-10-11-4-3-9-8(11)16/h1-2,5H,3-4H2,(H,9,16)/b10-5-. The summed E-state index contributed by atoms with van der Waals surface area (Å²) in [4.78, 5) is 9.76. The molecular formula is C8H8N4O3S. The first kappa shape index (κ1) is 10.6. The number of rotatable bonds is 3. The molecule has 0 saturated carbocycles. The van der Waals surface area contributed by atoms with Crippen LogP contribution in [-0.2, 0) is 0 Å². The molecule has 7 nitrogen and oxygen atoms in total. The van der Waals surface area contributed by atoms with Gasteiger partial charge in [-0.25, -0.2) is 5.01 Å². The van der Waals surface area contributed by atoms with Gasteiger partial charge < -0.3 is 9.73 Å². The maximum Gasteiger partial charge on any atom is 0.433 e.